The van der Waals surface area contributed by atoms with Crippen LogP contribution in [0.3, 0.4) is 0 Å². The van der Waals surface area contributed by atoms with Crippen LogP contribution in [0.25, 0.3) is 0 Å². The maximum Gasteiger partial charge on any atom is 0.419 e. The third-order valence-corrected chi connectivity index (χ3v) is 2.08. The van der Waals surface area contributed by atoms with Crippen molar-refractivity contribution in [2.45, 2.75) is 25.6 Å². The molecule has 0 saturated heterocycles. The van der Waals surface area contributed by atoms with Crippen LogP contribution >= 0.6 is 0 Å². The van der Waals surface area contributed by atoms with Crippen LogP contribution in [0.15, 0.2) is 18.2 Å². The molecule has 1 unspecified atom stereocenters. The largest absolute Gasteiger partial charge is 0.419 e. The predicted octanol–water partition coefficient (Wildman–Crippen LogP) is 3.29. The lowest BCUT2D eigenvalue weighted by molar-refractivity contribution is -0.140. The Morgan fingerprint density at radius 3 is 2.40 bits per heavy atom. The highest BCUT2D eigenvalue weighted by Crippen LogP contribution is 2.34. The number of aliphatic hydroxyl groups excluding tert-OH is 1. The van der Waals surface area contributed by atoms with Crippen LogP contribution in [-0.4, -0.2) is 5.11 Å². The molecule has 0 aliphatic heterocycles. The molecule has 0 fully saturated rings. The summed E-state index contributed by atoms with van der Waals surface area (Å²) in [6.45, 7) is 1.56. The van der Waals surface area contributed by atoms with Gasteiger partial charge in [-0.1, -0.05) is 19.1 Å². The van der Waals surface area contributed by atoms with Gasteiger partial charge in [0.25, 0.3) is 0 Å². The third kappa shape index (κ3) is 2.47. The zero-order valence-electron chi connectivity index (χ0n) is 7.98. The average Bonchev–Trinajstić information content (AvgIpc) is 2.15. The van der Waals surface area contributed by atoms with Crippen molar-refractivity contribution >= 4 is 0 Å². The van der Waals surface area contributed by atoms with Crippen molar-refractivity contribution in [2.24, 2.45) is 0 Å². The summed E-state index contributed by atoms with van der Waals surface area (Å²) in [4.78, 5) is 0. The summed E-state index contributed by atoms with van der Waals surface area (Å²) in [5.74, 6) is -1.39. The maximum absolute atomic E-state index is 13.3. The molecule has 0 amide bonds. The lowest BCUT2D eigenvalue weighted by atomic mass is 10.0. The Morgan fingerprint density at radius 2 is 1.93 bits per heavy atom. The number of halogens is 4. The smallest absolute Gasteiger partial charge is 0.388 e. The predicted molar refractivity (Wildman–Crippen MR) is 46.7 cm³/mol. The van der Waals surface area contributed by atoms with Crippen LogP contribution in [0.5, 0.6) is 0 Å². The Bertz CT molecular complexity index is 346. The molecule has 1 aromatic rings. The van der Waals surface area contributed by atoms with Crippen molar-refractivity contribution in [3.63, 3.8) is 0 Å². The van der Waals surface area contributed by atoms with Crippen LogP contribution in [0, 0.1) is 5.82 Å². The molecule has 1 N–H and O–H groups in total. The monoisotopic (exact) mass is 222 g/mol. The SMILES string of the molecule is CCC(O)c1cccc(C(F)(F)F)c1F. The van der Waals surface area contributed by atoms with E-state index in [1.54, 1.807) is 6.92 Å². The molecular formula is C10H10F4O. The van der Waals surface area contributed by atoms with E-state index in [-0.39, 0.29) is 12.0 Å². The molecule has 0 spiro atoms. The van der Waals surface area contributed by atoms with Gasteiger partial charge in [-0.3, -0.25) is 0 Å². The van der Waals surface area contributed by atoms with Gasteiger partial charge in [0.2, 0.25) is 0 Å². The van der Waals surface area contributed by atoms with Gasteiger partial charge in [-0.25, -0.2) is 4.39 Å². The summed E-state index contributed by atoms with van der Waals surface area (Å²) in [5, 5.41) is 9.29. The van der Waals surface area contributed by atoms with Gasteiger partial charge in [0.1, 0.15) is 5.82 Å². The Labute approximate surface area is 84.3 Å². The Morgan fingerprint density at radius 1 is 1.33 bits per heavy atom. The second-order valence-corrected chi connectivity index (χ2v) is 3.13. The van der Waals surface area contributed by atoms with E-state index in [0.29, 0.717) is 6.07 Å². The van der Waals surface area contributed by atoms with Crippen LogP contribution in [0.4, 0.5) is 17.6 Å². The standard InChI is InChI=1S/C10H10F4O/c1-2-8(15)6-4-3-5-7(9(6)11)10(12,13)14/h3-5,8,15H,2H2,1H3. The highest BCUT2D eigenvalue weighted by Gasteiger charge is 2.35. The number of hydrogen-bond acceptors (Lipinski definition) is 1. The molecule has 0 heterocycles. The second kappa shape index (κ2) is 4.18. The molecule has 1 rings (SSSR count). The molecule has 0 aromatic heterocycles. The van der Waals surface area contributed by atoms with E-state index >= 15 is 0 Å². The van der Waals surface area contributed by atoms with Gasteiger partial charge in [-0.2, -0.15) is 13.2 Å². The molecule has 1 aromatic carbocycles. The zero-order valence-corrected chi connectivity index (χ0v) is 7.98. The first kappa shape index (κ1) is 12.0. The molecule has 0 radical (unpaired) electrons. The van der Waals surface area contributed by atoms with Gasteiger partial charge in [-0.05, 0) is 12.5 Å². The number of benzene rings is 1. The summed E-state index contributed by atoms with van der Waals surface area (Å²) in [7, 11) is 0. The summed E-state index contributed by atoms with van der Waals surface area (Å²) in [6, 6.07) is 2.89. The highest BCUT2D eigenvalue weighted by molar-refractivity contribution is 5.29. The normalized spacial score (nSPS) is 14.0. The summed E-state index contributed by atoms with van der Waals surface area (Å²) >= 11 is 0. The fourth-order valence-corrected chi connectivity index (χ4v) is 1.25. The molecule has 0 saturated carbocycles. The third-order valence-electron chi connectivity index (χ3n) is 2.08. The van der Waals surface area contributed by atoms with Crippen molar-refractivity contribution in [1.82, 2.24) is 0 Å². The molecule has 5 heteroatoms. The van der Waals surface area contributed by atoms with E-state index in [2.05, 4.69) is 0 Å². The number of alkyl halides is 3. The maximum atomic E-state index is 13.3. The number of hydrogen-bond donors (Lipinski definition) is 1. The summed E-state index contributed by atoms with van der Waals surface area (Å²) in [6.07, 6.45) is -5.77. The van der Waals surface area contributed by atoms with Crippen molar-refractivity contribution in [3.8, 4) is 0 Å². The molecule has 0 bridgehead atoms. The van der Waals surface area contributed by atoms with E-state index in [9.17, 15) is 22.7 Å². The first-order chi connectivity index (χ1) is 6.88. The summed E-state index contributed by atoms with van der Waals surface area (Å²) < 4.78 is 50.1. The summed E-state index contributed by atoms with van der Waals surface area (Å²) in [5.41, 5.74) is -1.65. The number of rotatable bonds is 2. The van der Waals surface area contributed by atoms with Gasteiger partial charge in [0, 0.05) is 5.56 Å². The minimum Gasteiger partial charge on any atom is -0.388 e. The molecule has 0 aliphatic carbocycles. The highest BCUT2D eigenvalue weighted by atomic mass is 19.4. The fourth-order valence-electron chi connectivity index (χ4n) is 1.25. The fraction of sp³-hybridized carbons (Fsp3) is 0.400. The Kier molecular flexibility index (Phi) is 3.34. The van der Waals surface area contributed by atoms with Gasteiger partial charge >= 0.3 is 6.18 Å². The van der Waals surface area contributed by atoms with E-state index in [1.807, 2.05) is 0 Å². The molecule has 1 atom stereocenters. The lowest BCUT2D eigenvalue weighted by Gasteiger charge is -2.13. The second-order valence-electron chi connectivity index (χ2n) is 3.13. The zero-order chi connectivity index (χ0) is 11.6. The van der Waals surface area contributed by atoms with Gasteiger partial charge in [0.15, 0.2) is 0 Å². The van der Waals surface area contributed by atoms with Crippen molar-refractivity contribution < 1.29 is 22.7 Å². The molecular weight excluding hydrogens is 212 g/mol. The van der Waals surface area contributed by atoms with E-state index in [1.165, 1.54) is 0 Å². The van der Waals surface area contributed by atoms with Gasteiger partial charge in [0.05, 0.1) is 11.7 Å². The van der Waals surface area contributed by atoms with Crippen LogP contribution in [0.2, 0.25) is 0 Å². The van der Waals surface area contributed by atoms with Crippen LogP contribution in [-0.2, 0) is 6.18 Å². The van der Waals surface area contributed by atoms with E-state index in [0.717, 1.165) is 12.1 Å². The molecule has 84 valence electrons. The van der Waals surface area contributed by atoms with Gasteiger partial charge in [-0.15, -0.1) is 0 Å². The Balaban J connectivity index is 3.23. The van der Waals surface area contributed by atoms with Crippen LogP contribution in [0.1, 0.15) is 30.6 Å². The van der Waals surface area contributed by atoms with Crippen molar-refractivity contribution in [2.75, 3.05) is 0 Å². The van der Waals surface area contributed by atoms with E-state index < -0.39 is 23.7 Å². The first-order valence-corrected chi connectivity index (χ1v) is 4.41. The van der Waals surface area contributed by atoms with Crippen molar-refractivity contribution in [1.29, 1.82) is 0 Å². The quantitative estimate of drug-likeness (QED) is 0.761. The minimum atomic E-state index is -4.73. The van der Waals surface area contributed by atoms with Crippen LogP contribution < -0.4 is 0 Å². The Hall–Kier alpha value is -1.10. The first-order valence-electron chi connectivity index (χ1n) is 4.41. The van der Waals surface area contributed by atoms with Gasteiger partial charge < -0.3 is 5.11 Å². The lowest BCUT2D eigenvalue weighted by Crippen LogP contribution is -2.11. The van der Waals surface area contributed by atoms with E-state index in [4.69, 9.17) is 0 Å². The average molecular weight is 222 g/mol. The topological polar surface area (TPSA) is 20.2 Å². The molecule has 0 aliphatic rings. The number of aliphatic hydroxyl groups is 1. The van der Waals surface area contributed by atoms with Crippen molar-refractivity contribution in [3.05, 3.63) is 35.1 Å². The minimum absolute atomic E-state index is 0.165. The molecule has 15 heavy (non-hydrogen) atoms. The molecule has 1 nitrogen and oxygen atoms in total.